The van der Waals surface area contributed by atoms with Gasteiger partial charge in [0.1, 0.15) is 6.10 Å². The van der Waals surface area contributed by atoms with Gasteiger partial charge in [-0.25, -0.2) is 0 Å². The molecule has 1 N–H and O–H groups in total. The first-order chi connectivity index (χ1) is 20.6. The van der Waals surface area contributed by atoms with Gasteiger partial charge < -0.3 is 19.5 Å². The molecule has 0 aromatic rings. The van der Waals surface area contributed by atoms with Crippen molar-refractivity contribution in [2.24, 2.45) is 0 Å². The zero-order valence-electron chi connectivity index (χ0n) is 27.8. The largest absolute Gasteiger partial charge is 0.466 e. The van der Waals surface area contributed by atoms with E-state index in [9.17, 15) is 14.7 Å². The summed E-state index contributed by atoms with van der Waals surface area (Å²) in [4.78, 5) is 26.6. The van der Waals surface area contributed by atoms with Crippen LogP contribution in [0.5, 0.6) is 0 Å². The molecule has 1 unspecified atom stereocenters. The molecule has 246 valence electrons. The monoisotopic (exact) mass is 594 g/mol. The fraction of sp³-hybridized carbons (Fsp3) is 0.833. The molecule has 6 nitrogen and oxygen atoms in total. The predicted octanol–water partition coefficient (Wildman–Crippen LogP) is 9.10. The molecule has 0 amide bonds. The van der Waals surface area contributed by atoms with Gasteiger partial charge in [0, 0.05) is 19.4 Å². The minimum atomic E-state index is -0.0620. The van der Waals surface area contributed by atoms with Crippen molar-refractivity contribution in [3.63, 3.8) is 0 Å². The Morgan fingerprint density at radius 2 is 1.26 bits per heavy atom. The standard InChI is InChI=1S/C36H67NO5/c1-4-7-10-12-16-24-33-41-35(39)27-21-17-23-30-37(31-32-38)29-22-15-13-14-20-28-36(40)42-34(25-18-9-6-3)26-19-11-8-5-2/h6,8-9,11,34,38H,4-5,7,10,12-33H2,1-3H3/b9-6-,11-8-. The number of unbranched alkanes of at least 4 members (excludes halogenated alkanes) is 11. The van der Waals surface area contributed by atoms with Crippen molar-refractivity contribution in [2.75, 3.05) is 32.8 Å². The lowest BCUT2D eigenvalue weighted by Gasteiger charge is -2.21. The highest BCUT2D eigenvalue weighted by atomic mass is 16.5. The van der Waals surface area contributed by atoms with Crippen molar-refractivity contribution in [2.45, 2.75) is 162 Å². The Morgan fingerprint density at radius 3 is 1.90 bits per heavy atom. The van der Waals surface area contributed by atoms with Gasteiger partial charge in [0.05, 0.1) is 13.2 Å². The molecule has 0 saturated heterocycles. The number of aliphatic hydroxyl groups excluding tert-OH is 1. The molecule has 0 heterocycles. The van der Waals surface area contributed by atoms with Crippen LogP contribution in [0.1, 0.15) is 156 Å². The number of aliphatic hydroxyl groups is 1. The minimum Gasteiger partial charge on any atom is -0.466 e. The second-order valence-electron chi connectivity index (χ2n) is 11.6. The van der Waals surface area contributed by atoms with Crippen LogP contribution in [-0.4, -0.2) is 60.9 Å². The Kier molecular flexibility index (Phi) is 31.0. The van der Waals surface area contributed by atoms with Crippen LogP contribution in [0.15, 0.2) is 24.3 Å². The smallest absolute Gasteiger partial charge is 0.306 e. The second-order valence-corrected chi connectivity index (χ2v) is 11.6. The number of hydrogen-bond acceptors (Lipinski definition) is 6. The van der Waals surface area contributed by atoms with Gasteiger partial charge in [0.2, 0.25) is 0 Å². The van der Waals surface area contributed by atoms with Gasteiger partial charge in [-0.3, -0.25) is 9.59 Å². The van der Waals surface area contributed by atoms with Crippen molar-refractivity contribution in [1.82, 2.24) is 4.90 Å². The summed E-state index contributed by atoms with van der Waals surface area (Å²) in [7, 11) is 0. The number of rotatable bonds is 31. The maximum Gasteiger partial charge on any atom is 0.306 e. The van der Waals surface area contributed by atoms with Crippen LogP contribution in [-0.2, 0) is 19.1 Å². The van der Waals surface area contributed by atoms with E-state index in [0.717, 1.165) is 109 Å². The number of hydrogen-bond donors (Lipinski definition) is 1. The average Bonchev–Trinajstić information content (AvgIpc) is 2.98. The third-order valence-electron chi connectivity index (χ3n) is 7.63. The first-order valence-corrected chi connectivity index (χ1v) is 17.5. The quantitative estimate of drug-likeness (QED) is 0.0491. The van der Waals surface area contributed by atoms with Gasteiger partial charge in [-0.05, 0) is 84.2 Å². The Balaban J connectivity index is 3.90. The number of carbonyl (C=O) groups is 2. The van der Waals surface area contributed by atoms with E-state index in [1.165, 1.54) is 25.7 Å². The van der Waals surface area contributed by atoms with Gasteiger partial charge in [0.15, 0.2) is 0 Å². The summed E-state index contributed by atoms with van der Waals surface area (Å²) >= 11 is 0. The molecular formula is C36H67NO5. The highest BCUT2D eigenvalue weighted by Crippen LogP contribution is 2.14. The second kappa shape index (κ2) is 32.3. The molecule has 0 saturated carbocycles. The maximum atomic E-state index is 12.4. The molecule has 0 spiro atoms. The van der Waals surface area contributed by atoms with Gasteiger partial charge in [0.25, 0.3) is 0 Å². The fourth-order valence-corrected chi connectivity index (χ4v) is 5.06. The number of allylic oxidation sites excluding steroid dienone is 4. The van der Waals surface area contributed by atoms with Crippen molar-refractivity contribution < 1.29 is 24.2 Å². The van der Waals surface area contributed by atoms with Crippen LogP contribution in [0, 0.1) is 0 Å². The lowest BCUT2D eigenvalue weighted by Crippen LogP contribution is -2.29. The van der Waals surface area contributed by atoms with E-state index in [2.05, 4.69) is 43.1 Å². The minimum absolute atomic E-state index is 0.0106. The van der Waals surface area contributed by atoms with Crippen LogP contribution in [0.25, 0.3) is 0 Å². The van der Waals surface area contributed by atoms with E-state index in [4.69, 9.17) is 9.47 Å². The van der Waals surface area contributed by atoms with Crippen LogP contribution >= 0.6 is 0 Å². The molecule has 0 aromatic heterocycles. The number of carbonyl (C=O) groups excluding carboxylic acids is 2. The van der Waals surface area contributed by atoms with E-state index in [1.54, 1.807) is 0 Å². The van der Waals surface area contributed by atoms with Crippen molar-refractivity contribution in [3.05, 3.63) is 24.3 Å². The highest BCUT2D eigenvalue weighted by molar-refractivity contribution is 5.69. The summed E-state index contributed by atoms with van der Waals surface area (Å²) in [6, 6.07) is 0. The molecule has 0 radical (unpaired) electrons. The number of ether oxygens (including phenoxy) is 2. The van der Waals surface area contributed by atoms with Crippen LogP contribution in [0.3, 0.4) is 0 Å². The van der Waals surface area contributed by atoms with Gasteiger partial charge in [-0.2, -0.15) is 0 Å². The SMILES string of the molecule is C/C=C\CCC(CC/C=C\CC)OC(=O)CCCCCCCN(CCO)CCCCCC(=O)OCCCCCCCC. The van der Waals surface area contributed by atoms with Crippen LogP contribution in [0.4, 0.5) is 0 Å². The van der Waals surface area contributed by atoms with Gasteiger partial charge in [-0.15, -0.1) is 0 Å². The first kappa shape index (κ1) is 40.3. The number of nitrogens with zero attached hydrogens (tertiary/aromatic N) is 1. The normalized spacial score (nSPS) is 12.5. The van der Waals surface area contributed by atoms with Crippen molar-refractivity contribution in [1.29, 1.82) is 0 Å². The zero-order chi connectivity index (χ0) is 30.9. The molecule has 6 heteroatoms. The Labute approximate surface area is 259 Å². The first-order valence-electron chi connectivity index (χ1n) is 17.5. The van der Waals surface area contributed by atoms with Crippen molar-refractivity contribution in [3.8, 4) is 0 Å². The summed E-state index contributed by atoms with van der Waals surface area (Å²) in [5, 5.41) is 9.44. The molecule has 0 fully saturated rings. The predicted molar refractivity (Wildman–Crippen MR) is 177 cm³/mol. The van der Waals surface area contributed by atoms with E-state index < -0.39 is 0 Å². The van der Waals surface area contributed by atoms with Crippen LogP contribution < -0.4 is 0 Å². The molecule has 0 rings (SSSR count). The molecule has 0 bridgehead atoms. The summed E-state index contributed by atoms with van der Waals surface area (Å²) in [5.41, 5.74) is 0. The van der Waals surface area contributed by atoms with E-state index in [-0.39, 0.29) is 24.6 Å². The fourth-order valence-electron chi connectivity index (χ4n) is 5.06. The maximum absolute atomic E-state index is 12.4. The lowest BCUT2D eigenvalue weighted by atomic mass is 10.1. The molecule has 0 aliphatic rings. The Morgan fingerprint density at radius 1 is 0.690 bits per heavy atom. The molecule has 0 aliphatic heterocycles. The van der Waals surface area contributed by atoms with E-state index in [1.807, 2.05) is 6.92 Å². The van der Waals surface area contributed by atoms with Gasteiger partial charge in [-0.1, -0.05) is 95.9 Å². The van der Waals surface area contributed by atoms with Crippen LogP contribution in [0.2, 0.25) is 0 Å². The van der Waals surface area contributed by atoms with Gasteiger partial charge >= 0.3 is 11.9 Å². The van der Waals surface area contributed by atoms with E-state index in [0.29, 0.717) is 26.0 Å². The third-order valence-corrected chi connectivity index (χ3v) is 7.63. The molecular weight excluding hydrogens is 526 g/mol. The van der Waals surface area contributed by atoms with Crippen molar-refractivity contribution >= 4 is 11.9 Å². The molecule has 42 heavy (non-hydrogen) atoms. The summed E-state index contributed by atoms with van der Waals surface area (Å²) in [5.74, 6) is -0.117. The Bertz CT molecular complexity index is 663. The lowest BCUT2D eigenvalue weighted by molar-refractivity contribution is -0.150. The zero-order valence-corrected chi connectivity index (χ0v) is 27.8. The average molecular weight is 594 g/mol. The summed E-state index contributed by atoms with van der Waals surface area (Å²) < 4.78 is 11.2. The highest BCUT2D eigenvalue weighted by Gasteiger charge is 2.13. The van der Waals surface area contributed by atoms with E-state index >= 15 is 0 Å². The number of esters is 2. The third kappa shape index (κ3) is 28.5. The molecule has 0 aliphatic carbocycles. The topological polar surface area (TPSA) is 76.1 Å². The summed E-state index contributed by atoms with van der Waals surface area (Å²) in [6.07, 6.45) is 29.8. The molecule has 1 atom stereocenters. The summed E-state index contributed by atoms with van der Waals surface area (Å²) in [6.45, 7) is 9.77. The molecule has 0 aromatic carbocycles. The Hall–Kier alpha value is -1.66.